The van der Waals surface area contributed by atoms with Gasteiger partial charge in [-0.05, 0) is 0 Å². The fourth-order valence-electron chi connectivity index (χ4n) is 0.830. The Morgan fingerprint density at radius 3 is 2.64 bits per heavy atom. The standard InChI is InChI=1S/C4H4O6.Sb/c5-1(3(7)8)2(6)4(9)10;/h1-2H,(H,7,8)(H,9,10);/q-2;+3/p-1. The summed E-state index contributed by atoms with van der Waals surface area (Å²) < 4.78 is 14.3. The third-order valence-electron chi connectivity index (χ3n) is 1.31. The van der Waals surface area contributed by atoms with E-state index in [1.165, 1.54) is 0 Å². The van der Waals surface area contributed by atoms with Gasteiger partial charge in [0, 0.05) is 0 Å². The molecule has 0 aromatic carbocycles. The molecule has 2 heterocycles. The number of fused-ring (bicyclic) bond motifs is 2. The molecule has 0 saturated carbocycles. The van der Waals surface area contributed by atoms with Crippen molar-refractivity contribution in [3.05, 3.63) is 0 Å². The Morgan fingerprint density at radius 1 is 1.55 bits per heavy atom. The Morgan fingerprint density at radius 2 is 2.27 bits per heavy atom. The zero-order chi connectivity index (χ0) is 8.01. The van der Waals surface area contributed by atoms with E-state index in [4.69, 9.17) is 11.1 Å². The maximum absolute atomic E-state index is 10.7. The van der Waals surface area contributed by atoms with E-state index < -0.39 is 45.6 Å². The summed E-state index contributed by atoms with van der Waals surface area (Å²) in [5.41, 5.74) is 0. The molecule has 2 unspecified atom stereocenters. The first-order valence-corrected chi connectivity index (χ1v) is 5.89. The van der Waals surface area contributed by atoms with Crippen molar-refractivity contribution in [2.24, 2.45) is 0 Å². The van der Waals surface area contributed by atoms with Crippen molar-refractivity contribution in [3.63, 3.8) is 0 Å². The molecule has 6 nitrogen and oxygen atoms in total. The quantitative estimate of drug-likeness (QED) is 0.577. The molecule has 2 fully saturated rings. The molecule has 0 amide bonds. The Balaban J connectivity index is 2.18. The molecule has 0 aliphatic carbocycles. The molecule has 2 aliphatic heterocycles. The van der Waals surface area contributed by atoms with Gasteiger partial charge in [0.05, 0.1) is 0 Å². The van der Waals surface area contributed by atoms with E-state index in [9.17, 15) is 9.59 Å². The van der Waals surface area contributed by atoms with Gasteiger partial charge in [0.15, 0.2) is 0 Å². The van der Waals surface area contributed by atoms with Gasteiger partial charge in [0.2, 0.25) is 0 Å². The average molecular weight is 269 g/mol. The second-order valence-electron chi connectivity index (χ2n) is 2.02. The zero-order valence-electron chi connectivity index (χ0n) is 5.09. The van der Waals surface area contributed by atoms with Crippen LogP contribution in [-0.2, 0) is 18.6 Å². The number of hydrogen-bond donors (Lipinski definition) is 1. The molecule has 2 rings (SSSR count). The van der Waals surface area contributed by atoms with E-state index in [-0.39, 0.29) is 0 Å². The second-order valence-corrected chi connectivity index (χ2v) is 5.03. The molecule has 2 saturated heterocycles. The van der Waals surface area contributed by atoms with E-state index in [0.717, 1.165) is 0 Å². The molecule has 0 aromatic rings. The molecule has 2 atom stereocenters. The summed E-state index contributed by atoms with van der Waals surface area (Å²) in [6, 6.07) is 0. The minimum absolute atomic E-state index is 0.591. The summed E-state index contributed by atoms with van der Waals surface area (Å²) in [5.74, 6) is -1.76. The fraction of sp³-hybridized carbons (Fsp3) is 0.500. The van der Waals surface area contributed by atoms with Crippen LogP contribution >= 0.6 is 0 Å². The van der Waals surface area contributed by atoms with E-state index in [1.54, 1.807) is 0 Å². The summed E-state index contributed by atoms with van der Waals surface area (Å²) in [4.78, 5) is 21.1. The van der Waals surface area contributed by atoms with E-state index >= 15 is 0 Å². The SMILES string of the molecule is O=C(O)C1[O][Sb]2[O]C(=O)C1[O]2. The fourth-order valence-corrected chi connectivity index (χ4v) is 4.13. The molecule has 0 spiro atoms. The van der Waals surface area contributed by atoms with Crippen molar-refractivity contribution < 1.29 is 23.7 Å². The van der Waals surface area contributed by atoms with E-state index in [2.05, 4.69) is 3.02 Å². The normalized spacial score (nSPS) is 35.8. The number of carboxylic acids is 1. The third kappa shape index (κ3) is 1.02. The molecule has 60 valence electrons. The third-order valence-corrected chi connectivity index (χ3v) is 4.53. The van der Waals surface area contributed by atoms with Crippen molar-refractivity contribution in [2.75, 3.05) is 0 Å². The van der Waals surface area contributed by atoms with Crippen LogP contribution in [0.4, 0.5) is 0 Å². The predicted molar refractivity (Wildman–Crippen MR) is 29.2 cm³/mol. The van der Waals surface area contributed by atoms with Gasteiger partial charge in [0.1, 0.15) is 0 Å². The van der Waals surface area contributed by atoms with Crippen LogP contribution < -0.4 is 0 Å². The predicted octanol–water partition coefficient (Wildman–Crippen LogP) is -1.60. The molecular weight excluding hydrogens is 266 g/mol. The number of aliphatic carboxylic acids is 1. The molecule has 1 N–H and O–H groups in total. The zero-order valence-corrected chi connectivity index (χ0v) is 7.64. The van der Waals surface area contributed by atoms with Gasteiger partial charge in [-0.25, -0.2) is 0 Å². The van der Waals surface area contributed by atoms with Gasteiger partial charge < -0.3 is 0 Å². The van der Waals surface area contributed by atoms with Crippen LogP contribution in [0.5, 0.6) is 0 Å². The Labute approximate surface area is 69.7 Å². The number of rotatable bonds is 1. The Kier molecular flexibility index (Phi) is 1.55. The molecule has 0 aromatic heterocycles. The van der Waals surface area contributed by atoms with Crippen LogP contribution in [0, 0.1) is 0 Å². The van der Waals surface area contributed by atoms with Crippen molar-refractivity contribution in [1.29, 1.82) is 0 Å². The van der Waals surface area contributed by atoms with Gasteiger partial charge in [-0.15, -0.1) is 0 Å². The van der Waals surface area contributed by atoms with Crippen LogP contribution in [0.2, 0.25) is 0 Å². The second kappa shape index (κ2) is 2.33. The maximum atomic E-state index is 10.7. The summed E-state index contributed by atoms with van der Waals surface area (Å²) in [7, 11) is 0. The molecular formula is C4H3O6Sb. The van der Waals surface area contributed by atoms with Gasteiger partial charge in [-0.3, -0.25) is 0 Å². The van der Waals surface area contributed by atoms with Crippen LogP contribution in [0.1, 0.15) is 0 Å². The summed E-state index contributed by atoms with van der Waals surface area (Å²) in [6.45, 7) is 0. The summed E-state index contributed by atoms with van der Waals surface area (Å²) in [5, 5.41) is 8.47. The van der Waals surface area contributed by atoms with Crippen molar-refractivity contribution in [3.8, 4) is 0 Å². The topological polar surface area (TPSA) is 82.1 Å². The Hall–Kier alpha value is -0.322. The molecule has 0 radical (unpaired) electrons. The molecule has 7 heteroatoms. The van der Waals surface area contributed by atoms with Crippen molar-refractivity contribution in [2.45, 2.75) is 12.2 Å². The number of carbonyl (C=O) groups excluding carboxylic acids is 1. The number of carbonyl (C=O) groups is 2. The first kappa shape index (κ1) is 7.33. The van der Waals surface area contributed by atoms with E-state index in [1.807, 2.05) is 0 Å². The first-order chi connectivity index (χ1) is 5.18. The minimum atomic E-state index is -2.80. The van der Waals surface area contributed by atoms with Crippen LogP contribution in [0.15, 0.2) is 0 Å². The van der Waals surface area contributed by atoms with Crippen molar-refractivity contribution >= 4 is 33.4 Å². The van der Waals surface area contributed by atoms with Gasteiger partial charge in [-0.1, -0.05) is 0 Å². The van der Waals surface area contributed by atoms with E-state index in [0.29, 0.717) is 0 Å². The van der Waals surface area contributed by atoms with Gasteiger partial charge in [0.25, 0.3) is 0 Å². The number of hydrogen-bond acceptors (Lipinski definition) is 5. The van der Waals surface area contributed by atoms with Crippen LogP contribution in [0.3, 0.4) is 0 Å². The van der Waals surface area contributed by atoms with Crippen molar-refractivity contribution in [1.82, 2.24) is 0 Å². The Bertz CT molecular complexity index is 227. The molecule has 11 heavy (non-hydrogen) atoms. The molecule has 2 aliphatic rings. The average Bonchev–Trinajstić information content (AvgIpc) is 2.43. The molecule has 2 bridgehead atoms. The van der Waals surface area contributed by atoms with Gasteiger partial charge in [-0.2, -0.15) is 0 Å². The monoisotopic (exact) mass is 268 g/mol. The number of carboxylic acid groups (broad SMARTS) is 1. The van der Waals surface area contributed by atoms with Crippen LogP contribution in [-0.4, -0.2) is 50.7 Å². The summed E-state index contributed by atoms with van der Waals surface area (Å²) in [6.07, 6.45) is -2.13. The van der Waals surface area contributed by atoms with Gasteiger partial charge >= 0.3 is 69.4 Å². The summed E-state index contributed by atoms with van der Waals surface area (Å²) >= 11 is -2.80. The first-order valence-electron chi connectivity index (χ1n) is 2.77. The van der Waals surface area contributed by atoms with Crippen LogP contribution in [0.25, 0.3) is 0 Å².